The number of piperidine rings is 1. The molecule has 0 saturated carbocycles. The van der Waals surface area contributed by atoms with E-state index in [-0.39, 0.29) is 0 Å². The number of aromatic nitrogens is 8. The van der Waals surface area contributed by atoms with E-state index in [1.165, 1.54) is 0 Å². The topological polar surface area (TPSA) is 89.9 Å². The van der Waals surface area contributed by atoms with Crippen molar-refractivity contribution in [2.45, 2.75) is 25.7 Å². The molecule has 0 aliphatic carbocycles. The van der Waals surface area contributed by atoms with Crippen molar-refractivity contribution in [3.05, 3.63) is 54.2 Å². The van der Waals surface area contributed by atoms with Gasteiger partial charge >= 0.3 is 0 Å². The fourth-order valence-electron chi connectivity index (χ4n) is 3.50. The highest BCUT2D eigenvalue weighted by Gasteiger charge is 2.26. The normalized spacial score (nSPS) is 15.5. The van der Waals surface area contributed by atoms with Crippen LogP contribution >= 0.6 is 0 Å². The van der Waals surface area contributed by atoms with E-state index < -0.39 is 0 Å². The van der Waals surface area contributed by atoms with Crippen LogP contribution in [0.5, 0.6) is 0 Å². The van der Waals surface area contributed by atoms with Crippen LogP contribution < -0.4 is 4.90 Å². The Labute approximate surface area is 155 Å². The van der Waals surface area contributed by atoms with Gasteiger partial charge in [-0.3, -0.25) is 0 Å². The van der Waals surface area contributed by atoms with Crippen molar-refractivity contribution in [1.29, 1.82) is 0 Å². The first-order chi connectivity index (χ1) is 13.3. The van der Waals surface area contributed by atoms with Crippen LogP contribution in [0.25, 0.3) is 11.5 Å². The zero-order valence-electron chi connectivity index (χ0n) is 15.0. The standard InChI is InChI=1S/C18H19N9/c1-13-3-4-15(21-20-13)25-11-7-14(8-12-25)18-23-22-16-5-6-17(24-27(16)18)26-10-2-9-19-26/h2-6,9-10,14H,7-8,11-12H2,1H3. The summed E-state index contributed by atoms with van der Waals surface area (Å²) in [7, 11) is 0. The van der Waals surface area contributed by atoms with Gasteiger partial charge in [0.05, 0.1) is 5.69 Å². The number of fused-ring (bicyclic) bond motifs is 1. The Kier molecular flexibility index (Phi) is 3.77. The lowest BCUT2D eigenvalue weighted by atomic mass is 9.96. The predicted molar refractivity (Wildman–Crippen MR) is 98.9 cm³/mol. The molecule has 1 aliphatic heterocycles. The van der Waals surface area contributed by atoms with Crippen LogP contribution in [0.4, 0.5) is 5.82 Å². The summed E-state index contributed by atoms with van der Waals surface area (Å²) in [6, 6.07) is 9.74. The average molecular weight is 361 g/mol. The molecule has 0 amide bonds. The van der Waals surface area contributed by atoms with E-state index in [0.717, 1.165) is 54.7 Å². The summed E-state index contributed by atoms with van der Waals surface area (Å²) in [5.74, 6) is 2.91. The Balaban J connectivity index is 1.38. The smallest absolute Gasteiger partial charge is 0.178 e. The molecule has 9 nitrogen and oxygen atoms in total. The highest BCUT2D eigenvalue weighted by molar-refractivity contribution is 5.41. The summed E-state index contributed by atoms with van der Waals surface area (Å²) in [6.45, 7) is 3.77. The van der Waals surface area contributed by atoms with Gasteiger partial charge in [-0.15, -0.1) is 20.4 Å². The quantitative estimate of drug-likeness (QED) is 0.549. The molecule has 1 saturated heterocycles. The summed E-state index contributed by atoms with van der Waals surface area (Å²) in [6.07, 6.45) is 5.57. The second-order valence-corrected chi connectivity index (χ2v) is 6.76. The molecule has 0 atom stereocenters. The Morgan fingerprint density at radius 1 is 0.926 bits per heavy atom. The van der Waals surface area contributed by atoms with Gasteiger partial charge in [0.2, 0.25) is 0 Å². The first kappa shape index (κ1) is 15.9. The second-order valence-electron chi connectivity index (χ2n) is 6.76. The molecule has 1 aliphatic rings. The van der Waals surface area contributed by atoms with Crippen LogP contribution in [0.1, 0.15) is 30.3 Å². The minimum atomic E-state index is 0.315. The molecule has 4 aromatic heterocycles. The van der Waals surface area contributed by atoms with Gasteiger partial charge in [0.1, 0.15) is 0 Å². The van der Waals surface area contributed by atoms with E-state index in [1.807, 2.05) is 48.0 Å². The molecule has 5 rings (SSSR count). The zero-order valence-corrected chi connectivity index (χ0v) is 15.0. The first-order valence-corrected chi connectivity index (χ1v) is 9.05. The third kappa shape index (κ3) is 2.90. The molecular weight excluding hydrogens is 342 g/mol. The fraction of sp³-hybridized carbons (Fsp3) is 0.333. The zero-order chi connectivity index (χ0) is 18.2. The number of rotatable bonds is 3. The van der Waals surface area contributed by atoms with Gasteiger partial charge in [-0.2, -0.15) is 14.7 Å². The van der Waals surface area contributed by atoms with Gasteiger partial charge in [-0.25, -0.2) is 4.68 Å². The molecule has 0 unspecified atom stereocenters. The number of anilines is 1. The molecule has 5 heterocycles. The lowest BCUT2D eigenvalue weighted by molar-refractivity contribution is 0.473. The van der Waals surface area contributed by atoms with Gasteiger partial charge in [-0.05, 0) is 50.1 Å². The van der Waals surface area contributed by atoms with Crippen molar-refractivity contribution < 1.29 is 0 Å². The second kappa shape index (κ2) is 6.42. The number of hydrogen-bond donors (Lipinski definition) is 0. The SMILES string of the molecule is Cc1ccc(N2CCC(c3nnc4ccc(-n5cccn5)nn34)CC2)nn1. The molecule has 4 aromatic rings. The number of nitrogens with zero attached hydrogens (tertiary/aromatic N) is 9. The third-order valence-electron chi connectivity index (χ3n) is 4.98. The van der Waals surface area contributed by atoms with Crippen LogP contribution in [0, 0.1) is 6.92 Å². The first-order valence-electron chi connectivity index (χ1n) is 9.05. The Hall–Kier alpha value is -3.36. The van der Waals surface area contributed by atoms with E-state index in [2.05, 4.69) is 30.4 Å². The average Bonchev–Trinajstić information content (AvgIpc) is 3.38. The molecule has 1 fully saturated rings. The molecule has 27 heavy (non-hydrogen) atoms. The molecule has 0 bridgehead atoms. The van der Waals surface area contributed by atoms with Gasteiger partial charge < -0.3 is 4.90 Å². The lowest BCUT2D eigenvalue weighted by Gasteiger charge is -2.31. The van der Waals surface area contributed by atoms with Crippen molar-refractivity contribution in [3.8, 4) is 5.82 Å². The Bertz CT molecular complexity index is 1040. The van der Waals surface area contributed by atoms with Gasteiger partial charge in [0.15, 0.2) is 23.1 Å². The summed E-state index contributed by atoms with van der Waals surface area (Å²) in [5, 5.41) is 26.1. The van der Waals surface area contributed by atoms with Gasteiger partial charge in [-0.1, -0.05) is 0 Å². The Morgan fingerprint density at radius 2 is 1.78 bits per heavy atom. The molecular formula is C18H19N9. The molecule has 0 N–H and O–H groups in total. The van der Waals surface area contributed by atoms with Crippen LogP contribution in [-0.2, 0) is 0 Å². The van der Waals surface area contributed by atoms with Crippen molar-refractivity contribution in [2.75, 3.05) is 18.0 Å². The molecule has 136 valence electrons. The fourth-order valence-corrected chi connectivity index (χ4v) is 3.50. The van der Waals surface area contributed by atoms with Crippen LogP contribution in [-0.4, -0.2) is 52.9 Å². The minimum Gasteiger partial charge on any atom is -0.355 e. The van der Waals surface area contributed by atoms with Crippen LogP contribution in [0.2, 0.25) is 0 Å². The number of aryl methyl sites for hydroxylation is 1. The maximum atomic E-state index is 4.70. The van der Waals surface area contributed by atoms with Crippen molar-refractivity contribution in [3.63, 3.8) is 0 Å². The van der Waals surface area contributed by atoms with E-state index in [9.17, 15) is 0 Å². The lowest BCUT2D eigenvalue weighted by Crippen LogP contribution is -2.34. The molecule has 9 heteroatoms. The van der Waals surface area contributed by atoms with E-state index in [4.69, 9.17) is 5.10 Å². The van der Waals surface area contributed by atoms with E-state index >= 15 is 0 Å². The summed E-state index contributed by atoms with van der Waals surface area (Å²) < 4.78 is 3.59. The predicted octanol–water partition coefficient (Wildman–Crippen LogP) is 1.79. The van der Waals surface area contributed by atoms with Crippen molar-refractivity contribution in [1.82, 2.24) is 39.8 Å². The monoisotopic (exact) mass is 361 g/mol. The van der Waals surface area contributed by atoms with Crippen molar-refractivity contribution >= 4 is 11.5 Å². The Morgan fingerprint density at radius 3 is 2.52 bits per heavy atom. The number of hydrogen-bond acceptors (Lipinski definition) is 7. The molecule has 0 aromatic carbocycles. The third-order valence-corrected chi connectivity index (χ3v) is 4.98. The van der Waals surface area contributed by atoms with Gasteiger partial charge in [0, 0.05) is 31.4 Å². The van der Waals surface area contributed by atoms with E-state index in [1.54, 1.807) is 10.9 Å². The minimum absolute atomic E-state index is 0.315. The van der Waals surface area contributed by atoms with Crippen LogP contribution in [0.3, 0.4) is 0 Å². The molecule has 0 spiro atoms. The largest absolute Gasteiger partial charge is 0.355 e. The molecule has 0 radical (unpaired) electrons. The van der Waals surface area contributed by atoms with E-state index in [0.29, 0.717) is 5.92 Å². The van der Waals surface area contributed by atoms with Crippen molar-refractivity contribution in [2.24, 2.45) is 0 Å². The highest BCUT2D eigenvalue weighted by Crippen LogP contribution is 2.28. The summed E-state index contributed by atoms with van der Waals surface area (Å²) in [4.78, 5) is 2.27. The highest BCUT2D eigenvalue weighted by atomic mass is 15.4. The maximum Gasteiger partial charge on any atom is 0.178 e. The van der Waals surface area contributed by atoms with Crippen LogP contribution in [0.15, 0.2) is 42.7 Å². The summed E-state index contributed by atoms with van der Waals surface area (Å²) >= 11 is 0. The maximum absolute atomic E-state index is 4.70. The summed E-state index contributed by atoms with van der Waals surface area (Å²) in [5.41, 5.74) is 1.69. The van der Waals surface area contributed by atoms with Gasteiger partial charge in [0.25, 0.3) is 0 Å².